The number of thiazole rings is 1. The lowest BCUT2D eigenvalue weighted by molar-refractivity contribution is -0.121. The fraction of sp³-hybridized carbons (Fsp3) is 0.471. The smallest absolute Gasteiger partial charge is 0.414 e. The van der Waals surface area contributed by atoms with Gasteiger partial charge in [0.1, 0.15) is 12.7 Å². The first-order valence-corrected chi connectivity index (χ1v) is 9.35. The third kappa shape index (κ3) is 3.67. The molecular weight excluding hydrogens is 356 g/mol. The summed E-state index contributed by atoms with van der Waals surface area (Å²) in [6, 6.07) is 5.78. The molecule has 2 amide bonds. The van der Waals surface area contributed by atoms with Crippen LogP contribution in [-0.4, -0.2) is 42.4 Å². The zero-order valence-electron chi connectivity index (χ0n) is 15.0. The average molecular weight is 378 g/mol. The number of hydrogen-bond donors (Lipinski definition) is 1. The number of aryl methyl sites for hydroxylation is 1. The number of fused-ring (bicyclic) bond motifs is 1. The van der Waals surface area contributed by atoms with Crippen molar-refractivity contribution in [1.82, 2.24) is 9.88 Å². The Labute approximate surface area is 155 Å². The van der Waals surface area contributed by atoms with Crippen LogP contribution in [0.5, 0.6) is 0 Å². The number of carbonyl (C=O) groups excluding carboxylic acids is 2. The Hall–Kier alpha value is -2.55. The molecule has 2 heterocycles. The molecule has 0 saturated carbocycles. The Balaban J connectivity index is 1.80. The van der Waals surface area contributed by atoms with Crippen LogP contribution < -0.4 is 15.0 Å². The number of cyclic esters (lactones) is 1. The highest BCUT2D eigenvalue weighted by atomic mass is 32.1. The third-order valence-electron chi connectivity index (χ3n) is 4.10. The molecule has 3 rings (SSSR count). The van der Waals surface area contributed by atoms with Gasteiger partial charge in [-0.1, -0.05) is 23.4 Å². The maximum Gasteiger partial charge on any atom is 0.414 e. The zero-order chi connectivity index (χ0) is 18.7. The van der Waals surface area contributed by atoms with E-state index in [-0.39, 0.29) is 12.0 Å². The van der Waals surface area contributed by atoms with Crippen LogP contribution in [0.15, 0.2) is 23.4 Å². The monoisotopic (exact) mass is 378 g/mol. The maximum absolute atomic E-state index is 12.2. The van der Waals surface area contributed by atoms with Crippen LogP contribution in [0.4, 0.5) is 10.5 Å². The first-order chi connectivity index (χ1) is 12.5. The van der Waals surface area contributed by atoms with Crippen molar-refractivity contribution < 1.29 is 19.2 Å². The van der Waals surface area contributed by atoms with Crippen molar-refractivity contribution in [2.24, 2.45) is 12.2 Å². The molecule has 1 aliphatic heterocycles. The molecule has 1 aliphatic rings. The Morgan fingerprint density at radius 3 is 3.00 bits per heavy atom. The third-order valence-corrected chi connectivity index (χ3v) is 5.18. The summed E-state index contributed by atoms with van der Waals surface area (Å²) in [4.78, 5) is 31.1. The molecule has 1 unspecified atom stereocenters. The lowest BCUT2D eigenvalue weighted by Crippen LogP contribution is -2.34. The lowest BCUT2D eigenvalue weighted by atomic mass is 10.2. The van der Waals surface area contributed by atoms with Crippen LogP contribution in [0.3, 0.4) is 0 Å². The van der Waals surface area contributed by atoms with E-state index in [0.29, 0.717) is 26.1 Å². The van der Waals surface area contributed by atoms with Gasteiger partial charge in [-0.05, 0) is 25.1 Å². The molecule has 0 radical (unpaired) electrons. The molecule has 2 aromatic rings. The second kappa shape index (κ2) is 7.77. The average Bonchev–Trinajstić information content (AvgIpc) is 3.17. The largest absolute Gasteiger partial charge is 0.442 e. The second-order valence-electron chi connectivity index (χ2n) is 5.88. The number of aromatic nitrogens is 1. The van der Waals surface area contributed by atoms with Crippen molar-refractivity contribution in [3.8, 4) is 0 Å². The fourth-order valence-electron chi connectivity index (χ4n) is 2.69. The van der Waals surface area contributed by atoms with Gasteiger partial charge in [0, 0.05) is 19.2 Å². The first-order valence-electron chi connectivity index (χ1n) is 8.53. The Bertz CT molecular complexity index is 889. The van der Waals surface area contributed by atoms with E-state index in [9.17, 15) is 9.59 Å². The summed E-state index contributed by atoms with van der Waals surface area (Å²) in [7, 11) is 1.92. The van der Waals surface area contributed by atoms with Crippen molar-refractivity contribution >= 4 is 39.2 Å². The SMILES string of the molecule is CCON=c1sc2cc(N3CC(CNC(=O)CC)OC3=O)ccc2n1C. The number of nitrogens with one attached hydrogen (secondary N) is 1. The molecule has 0 spiro atoms. The number of amides is 2. The molecule has 1 aromatic heterocycles. The number of anilines is 1. The predicted molar refractivity (Wildman–Crippen MR) is 98.9 cm³/mol. The molecule has 1 saturated heterocycles. The van der Waals surface area contributed by atoms with Gasteiger partial charge in [-0.25, -0.2) is 4.79 Å². The van der Waals surface area contributed by atoms with Crippen LogP contribution in [0.1, 0.15) is 20.3 Å². The van der Waals surface area contributed by atoms with Crippen molar-refractivity contribution in [2.75, 3.05) is 24.6 Å². The fourth-order valence-corrected chi connectivity index (χ4v) is 3.70. The van der Waals surface area contributed by atoms with Gasteiger partial charge in [0.2, 0.25) is 10.7 Å². The van der Waals surface area contributed by atoms with Gasteiger partial charge in [0.25, 0.3) is 0 Å². The van der Waals surface area contributed by atoms with E-state index >= 15 is 0 Å². The number of carbonyl (C=O) groups is 2. The van der Waals surface area contributed by atoms with Gasteiger partial charge in [-0.2, -0.15) is 0 Å². The molecule has 1 aromatic carbocycles. The normalized spacial score (nSPS) is 17.7. The van der Waals surface area contributed by atoms with Gasteiger partial charge in [-0.15, -0.1) is 0 Å². The quantitative estimate of drug-likeness (QED) is 0.779. The van der Waals surface area contributed by atoms with E-state index in [2.05, 4.69) is 10.5 Å². The molecule has 1 N–H and O–H groups in total. The summed E-state index contributed by atoms with van der Waals surface area (Å²) >= 11 is 1.49. The molecule has 140 valence electrons. The van der Waals surface area contributed by atoms with Gasteiger partial charge in [-0.3, -0.25) is 9.69 Å². The Morgan fingerprint density at radius 2 is 2.27 bits per heavy atom. The van der Waals surface area contributed by atoms with Gasteiger partial charge in [0.15, 0.2) is 0 Å². The summed E-state index contributed by atoms with van der Waals surface area (Å²) < 4.78 is 8.30. The van der Waals surface area contributed by atoms with E-state index < -0.39 is 6.09 Å². The number of nitrogens with zero attached hydrogens (tertiary/aromatic N) is 3. The van der Waals surface area contributed by atoms with Crippen LogP contribution in [0.2, 0.25) is 0 Å². The molecule has 0 bridgehead atoms. The highest BCUT2D eigenvalue weighted by Crippen LogP contribution is 2.27. The highest BCUT2D eigenvalue weighted by molar-refractivity contribution is 7.16. The number of benzene rings is 1. The minimum Gasteiger partial charge on any atom is -0.442 e. The lowest BCUT2D eigenvalue weighted by Gasteiger charge is -2.13. The molecule has 8 nitrogen and oxygen atoms in total. The van der Waals surface area contributed by atoms with E-state index in [1.807, 2.05) is 36.7 Å². The Morgan fingerprint density at radius 1 is 1.46 bits per heavy atom. The van der Waals surface area contributed by atoms with E-state index in [1.54, 1.807) is 11.8 Å². The Kier molecular flexibility index (Phi) is 5.46. The van der Waals surface area contributed by atoms with Gasteiger partial charge >= 0.3 is 6.09 Å². The van der Waals surface area contributed by atoms with Gasteiger partial charge in [0.05, 0.1) is 23.3 Å². The summed E-state index contributed by atoms with van der Waals surface area (Å²) in [5, 5.41) is 6.86. The van der Waals surface area contributed by atoms with E-state index in [1.165, 1.54) is 11.3 Å². The molecule has 26 heavy (non-hydrogen) atoms. The number of rotatable bonds is 6. The van der Waals surface area contributed by atoms with Crippen molar-refractivity contribution in [1.29, 1.82) is 0 Å². The topological polar surface area (TPSA) is 85.2 Å². The summed E-state index contributed by atoms with van der Waals surface area (Å²) in [5.74, 6) is -0.0578. The van der Waals surface area contributed by atoms with Crippen LogP contribution >= 0.6 is 11.3 Å². The van der Waals surface area contributed by atoms with Crippen molar-refractivity contribution in [3.63, 3.8) is 0 Å². The molecular formula is C17H22N4O4S. The predicted octanol–water partition coefficient (Wildman–Crippen LogP) is 1.94. The van der Waals surface area contributed by atoms with Gasteiger partial charge < -0.3 is 19.5 Å². The van der Waals surface area contributed by atoms with Crippen LogP contribution in [0, 0.1) is 0 Å². The molecule has 9 heteroatoms. The van der Waals surface area contributed by atoms with Crippen LogP contribution in [-0.2, 0) is 21.4 Å². The van der Waals surface area contributed by atoms with E-state index in [4.69, 9.17) is 9.57 Å². The number of hydrogen-bond acceptors (Lipinski definition) is 6. The minimum atomic E-state index is -0.403. The molecule has 1 fully saturated rings. The summed E-state index contributed by atoms with van der Waals surface area (Å²) in [5.41, 5.74) is 1.77. The second-order valence-corrected chi connectivity index (χ2v) is 6.89. The van der Waals surface area contributed by atoms with Crippen molar-refractivity contribution in [3.05, 3.63) is 23.0 Å². The zero-order valence-corrected chi connectivity index (χ0v) is 15.8. The van der Waals surface area contributed by atoms with Crippen molar-refractivity contribution in [2.45, 2.75) is 26.4 Å². The summed E-state index contributed by atoms with van der Waals surface area (Å²) in [6.45, 7) is 4.90. The van der Waals surface area contributed by atoms with Crippen LogP contribution in [0.25, 0.3) is 10.2 Å². The van der Waals surface area contributed by atoms with E-state index in [0.717, 1.165) is 20.7 Å². The maximum atomic E-state index is 12.2. The standard InChI is InChI=1S/C17H22N4O4S/c1-4-15(22)18-9-12-10-21(17(23)25-12)11-6-7-13-14(8-11)26-16(20(13)3)19-24-5-2/h6-8,12H,4-5,9-10H2,1-3H3,(H,18,22). The summed E-state index contributed by atoms with van der Waals surface area (Å²) in [6.07, 6.45) is -0.345. The molecule has 0 aliphatic carbocycles. The minimum absolute atomic E-state index is 0.0578. The number of ether oxygens (including phenoxy) is 1. The first kappa shape index (κ1) is 18.2. The molecule has 1 atom stereocenters. The highest BCUT2D eigenvalue weighted by Gasteiger charge is 2.32.